The number of aliphatic hydroxyl groups is 2. The van der Waals surface area contributed by atoms with Gasteiger partial charge in [-0.05, 0) is 137 Å². The van der Waals surface area contributed by atoms with Gasteiger partial charge >= 0.3 is 5.97 Å². The lowest BCUT2D eigenvalue weighted by Gasteiger charge is -2.42. The summed E-state index contributed by atoms with van der Waals surface area (Å²) in [5.41, 5.74) is 2.22. The van der Waals surface area contributed by atoms with Crippen LogP contribution in [0.5, 0.6) is 0 Å². The Hall–Kier alpha value is -3.12. The summed E-state index contributed by atoms with van der Waals surface area (Å²) in [6.45, 7) is 30.0. The molecule has 4 aliphatic rings. The molecule has 4 rings (SSSR count). The highest BCUT2D eigenvalue weighted by Crippen LogP contribution is 2.39. The van der Waals surface area contributed by atoms with Gasteiger partial charge in [-0.25, -0.2) is 4.79 Å². The predicted molar refractivity (Wildman–Crippen MR) is 296 cm³/mol. The Balaban J connectivity index is 1.65. The molecule has 0 unspecified atom stereocenters. The fourth-order valence-corrected chi connectivity index (χ4v) is 12.1. The van der Waals surface area contributed by atoms with Gasteiger partial charge in [0.2, 0.25) is 5.79 Å². The van der Waals surface area contributed by atoms with Crippen molar-refractivity contribution in [1.82, 2.24) is 4.90 Å². The highest BCUT2D eigenvalue weighted by atomic mass is 28.4. The van der Waals surface area contributed by atoms with E-state index in [4.69, 9.17) is 32.8 Å². The van der Waals surface area contributed by atoms with Crippen molar-refractivity contribution in [3.05, 3.63) is 59.8 Å². The Kier molecular flexibility index (Phi) is 25.1. The molecule has 75 heavy (non-hydrogen) atoms. The lowest BCUT2D eigenvalue weighted by Crippen LogP contribution is -2.61. The monoisotopic (exact) mass is 1070 g/mol. The summed E-state index contributed by atoms with van der Waals surface area (Å²) in [5, 5.41) is 23.9. The largest absolute Gasteiger partial charge is 0.460 e. The zero-order valence-corrected chi connectivity index (χ0v) is 49.7. The van der Waals surface area contributed by atoms with E-state index in [1.165, 1.54) is 4.90 Å². The molecule has 0 aromatic carbocycles. The molecule has 0 aromatic heterocycles. The number of cyclic esters (lactones) is 1. The Labute approximate surface area is 452 Å². The van der Waals surface area contributed by atoms with Gasteiger partial charge in [-0.1, -0.05) is 98.4 Å². The summed E-state index contributed by atoms with van der Waals surface area (Å²) >= 11 is 0. The summed E-state index contributed by atoms with van der Waals surface area (Å²) in [7, 11) is 2.94. The van der Waals surface area contributed by atoms with Crippen LogP contribution in [-0.4, -0.2) is 143 Å². The third kappa shape index (κ3) is 17.7. The van der Waals surface area contributed by atoms with E-state index in [2.05, 4.69) is 60.4 Å². The maximum atomic E-state index is 14.6. The molecular formula is C60H99NO13Si. The standard InChI is InChI=1S/C60H99NO13Si/c1-38-22-18-17-19-23-39(2)51(68-12)36-47-27-25-44(7)60(67,74-47)56(64)57(65)61-29-21-20-24-48(61)58(66)73-52(37-49(62)41(4)33-43(6)54(63)55(70-14)45(8)40(3)32-38)42(5)34-46-26-28-50(53(35-46)69-13)71-30-31-72-75(15,16)59(9,10)11/h17-19,22-23,33,38,40-42,44,46-48,50-55,63,67H,8,20-21,24-32,34-37H2,1-7,9-16H3/b19-17+,22-18+,39-23+,43-33+/t38-,40-,41-,42-,44-,46+,47+,48+,50-,51+,52+,53-,54-,55+,60-/m1/s1. The van der Waals surface area contributed by atoms with Crippen molar-refractivity contribution >= 4 is 31.8 Å². The number of carbonyl (C=O) groups excluding carboxylic acids is 4. The number of rotatable bonds is 11. The third-order valence-electron chi connectivity index (χ3n) is 17.4. The molecule has 2 N–H and O–H groups in total. The van der Waals surface area contributed by atoms with E-state index in [9.17, 15) is 29.4 Å². The molecule has 426 valence electrons. The molecule has 15 heteroatoms. The average Bonchev–Trinajstić information content (AvgIpc) is 3.36. The van der Waals surface area contributed by atoms with Crippen molar-refractivity contribution in [2.24, 2.45) is 35.5 Å². The van der Waals surface area contributed by atoms with Crippen molar-refractivity contribution in [2.45, 2.75) is 219 Å². The van der Waals surface area contributed by atoms with Gasteiger partial charge in [0.05, 0.1) is 37.6 Å². The molecule has 3 fully saturated rings. The summed E-state index contributed by atoms with van der Waals surface area (Å²) in [6, 6.07) is -1.12. The van der Waals surface area contributed by atoms with Crippen LogP contribution in [0, 0.1) is 35.5 Å². The summed E-state index contributed by atoms with van der Waals surface area (Å²) in [4.78, 5) is 59.1. The fraction of sp³-hybridized carbons (Fsp3) is 0.767. The highest BCUT2D eigenvalue weighted by Gasteiger charge is 2.53. The van der Waals surface area contributed by atoms with Crippen molar-refractivity contribution in [3.63, 3.8) is 0 Å². The molecule has 0 radical (unpaired) electrons. The third-order valence-corrected chi connectivity index (χ3v) is 21.9. The minimum absolute atomic E-state index is 0.000266. The van der Waals surface area contributed by atoms with Gasteiger partial charge in [-0.15, -0.1) is 0 Å². The number of nitrogens with zero attached hydrogens (tertiary/aromatic N) is 1. The first-order chi connectivity index (χ1) is 35.2. The quantitative estimate of drug-likeness (QED) is 0.0658. The summed E-state index contributed by atoms with van der Waals surface area (Å²) in [6.07, 6.45) is 14.1. The highest BCUT2D eigenvalue weighted by molar-refractivity contribution is 6.74. The van der Waals surface area contributed by atoms with Crippen molar-refractivity contribution in [3.8, 4) is 0 Å². The Morgan fingerprint density at radius 2 is 1.57 bits per heavy atom. The van der Waals surface area contributed by atoms with E-state index in [0.29, 0.717) is 57.3 Å². The number of hydrogen-bond acceptors (Lipinski definition) is 13. The molecule has 3 heterocycles. The molecular weight excluding hydrogens is 971 g/mol. The minimum atomic E-state index is -2.42. The van der Waals surface area contributed by atoms with Crippen LogP contribution in [0.2, 0.25) is 18.1 Å². The number of ketones is 2. The van der Waals surface area contributed by atoms with Gasteiger partial charge in [0, 0.05) is 52.6 Å². The zero-order chi connectivity index (χ0) is 56.0. The molecule has 0 aromatic rings. The SMILES string of the molecule is C=C1[C@H](C)C[C@H](C)/C=C/C=C/C=C(\C)[C@@H](OC)C[C@@H]2CC[C@@H](C)[C@@](O)(O2)C(=O)C(=O)N2CCCC[C@H]2C(=O)O[C@H]([C@H](C)C[C@@H]2CC[C@@H](OCCO[Si](C)(C)C(C)(C)C)[C@H](OC)C2)CC(=O)[C@H](C)/C=C(\C)[C@@H](O)[C@H]1OC. The number of ether oxygens (including phenoxy) is 6. The van der Waals surface area contributed by atoms with Crippen LogP contribution in [0.25, 0.3) is 0 Å². The second-order valence-corrected chi connectivity index (χ2v) is 29.0. The number of methoxy groups -OCH3 is 3. The van der Waals surface area contributed by atoms with Crippen LogP contribution in [0.4, 0.5) is 0 Å². The number of carbonyl (C=O) groups is 4. The first-order valence-electron chi connectivity index (χ1n) is 28.1. The van der Waals surface area contributed by atoms with E-state index in [1.807, 2.05) is 38.2 Å². The van der Waals surface area contributed by atoms with E-state index < -0.39 is 80.2 Å². The lowest BCUT2D eigenvalue weighted by molar-refractivity contribution is -0.265. The normalized spacial score (nSPS) is 37.1. The molecule has 1 amide bonds. The van der Waals surface area contributed by atoms with Crippen LogP contribution in [-0.2, 0) is 52.0 Å². The van der Waals surface area contributed by atoms with Crippen LogP contribution in [0.15, 0.2) is 59.8 Å². The van der Waals surface area contributed by atoms with E-state index in [-0.39, 0.29) is 66.1 Å². The Morgan fingerprint density at radius 3 is 2.23 bits per heavy atom. The fourth-order valence-electron chi connectivity index (χ4n) is 11.1. The van der Waals surface area contributed by atoms with Crippen LogP contribution >= 0.6 is 0 Å². The first kappa shape index (κ1) is 64.4. The lowest BCUT2D eigenvalue weighted by atomic mass is 9.78. The second-order valence-electron chi connectivity index (χ2n) is 24.2. The smallest absolute Gasteiger partial charge is 0.329 e. The van der Waals surface area contributed by atoms with Gasteiger partial charge in [-0.2, -0.15) is 0 Å². The molecule has 1 aliphatic carbocycles. The maximum Gasteiger partial charge on any atom is 0.329 e. The predicted octanol–water partition coefficient (Wildman–Crippen LogP) is 10.2. The van der Waals surface area contributed by atoms with E-state index >= 15 is 0 Å². The summed E-state index contributed by atoms with van der Waals surface area (Å²) in [5.74, 6) is -6.73. The van der Waals surface area contributed by atoms with Gasteiger partial charge in [-0.3, -0.25) is 14.4 Å². The number of allylic oxidation sites excluding steroid dienone is 6. The average molecular weight is 1070 g/mol. The topological polar surface area (TPSA) is 177 Å². The van der Waals surface area contributed by atoms with Crippen molar-refractivity contribution < 1.29 is 62.2 Å². The molecule has 15 atom stereocenters. The van der Waals surface area contributed by atoms with Gasteiger partial charge in [0.15, 0.2) is 8.32 Å². The maximum absolute atomic E-state index is 14.6. The van der Waals surface area contributed by atoms with E-state index in [0.717, 1.165) is 36.8 Å². The molecule has 1 saturated carbocycles. The number of esters is 1. The van der Waals surface area contributed by atoms with Gasteiger partial charge in [0.25, 0.3) is 11.7 Å². The number of aliphatic hydroxyl groups excluding tert-OH is 1. The van der Waals surface area contributed by atoms with Crippen molar-refractivity contribution in [2.75, 3.05) is 41.1 Å². The zero-order valence-electron chi connectivity index (χ0n) is 48.7. The number of Topliss-reactive ketones (excluding diaryl/α,β-unsaturated/α-hetero) is 2. The minimum Gasteiger partial charge on any atom is -0.460 e. The molecule has 2 bridgehead atoms. The van der Waals surface area contributed by atoms with Crippen LogP contribution in [0.3, 0.4) is 0 Å². The molecule has 14 nitrogen and oxygen atoms in total. The number of amides is 1. The molecule has 3 aliphatic heterocycles. The Morgan fingerprint density at radius 1 is 0.867 bits per heavy atom. The van der Waals surface area contributed by atoms with Crippen LogP contribution in [0.1, 0.15) is 146 Å². The van der Waals surface area contributed by atoms with Gasteiger partial charge in [0.1, 0.15) is 30.1 Å². The number of fused-ring (bicyclic) bond motifs is 3. The van der Waals surface area contributed by atoms with Crippen molar-refractivity contribution in [1.29, 1.82) is 0 Å². The Bertz CT molecular complexity index is 2020. The number of hydrogen-bond donors (Lipinski definition) is 2. The van der Waals surface area contributed by atoms with Crippen LogP contribution < -0.4 is 0 Å². The van der Waals surface area contributed by atoms with Gasteiger partial charge < -0.3 is 48.0 Å². The van der Waals surface area contributed by atoms with E-state index in [1.54, 1.807) is 48.2 Å². The second kappa shape index (κ2) is 29.2. The number of piperidine rings is 1. The summed E-state index contributed by atoms with van der Waals surface area (Å²) < 4.78 is 43.2. The molecule has 2 saturated heterocycles. The first-order valence-corrected chi connectivity index (χ1v) is 31.0. The molecule has 0 spiro atoms.